The number of aliphatic hydroxyl groups is 1. The maximum Gasteiger partial charge on any atom is 0.143 e. The fourth-order valence-corrected chi connectivity index (χ4v) is 2.18. The average molecular weight is 314 g/mol. The molecular formula is C14H13Cl2NO3. The van der Waals surface area contributed by atoms with Crippen molar-refractivity contribution in [2.24, 2.45) is 4.99 Å². The van der Waals surface area contributed by atoms with Gasteiger partial charge >= 0.3 is 0 Å². The van der Waals surface area contributed by atoms with Crippen LogP contribution < -0.4 is 0 Å². The molecule has 0 aliphatic carbocycles. The van der Waals surface area contributed by atoms with Crippen molar-refractivity contribution in [3.05, 3.63) is 51.9 Å². The van der Waals surface area contributed by atoms with Crippen LogP contribution in [0.5, 0.6) is 5.75 Å². The second-order valence-corrected chi connectivity index (χ2v) is 5.39. The molecule has 2 aromatic rings. The Kier molecular flexibility index (Phi) is 4.38. The molecule has 0 amide bonds. The minimum absolute atomic E-state index is 0.0735. The Labute approximate surface area is 126 Å². The first-order valence-electron chi connectivity index (χ1n) is 5.84. The van der Waals surface area contributed by atoms with Crippen LogP contribution in [-0.2, 0) is 5.60 Å². The van der Waals surface area contributed by atoms with Crippen molar-refractivity contribution < 1.29 is 14.6 Å². The third kappa shape index (κ3) is 3.33. The number of hydrogen-bond acceptors (Lipinski definition) is 4. The number of rotatable bonds is 4. The highest BCUT2D eigenvalue weighted by molar-refractivity contribution is 6.36. The summed E-state index contributed by atoms with van der Waals surface area (Å²) in [5.41, 5.74) is -0.837. The number of aromatic hydroxyl groups is 1. The van der Waals surface area contributed by atoms with Gasteiger partial charge in [0.1, 0.15) is 17.1 Å². The zero-order valence-electron chi connectivity index (χ0n) is 10.7. The maximum absolute atomic E-state index is 10.2. The van der Waals surface area contributed by atoms with Crippen molar-refractivity contribution in [3.8, 4) is 5.75 Å². The van der Waals surface area contributed by atoms with Crippen LogP contribution in [0.2, 0.25) is 10.0 Å². The molecule has 20 heavy (non-hydrogen) atoms. The van der Waals surface area contributed by atoms with E-state index in [0.717, 1.165) is 0 Å². The van der Waals surface area contributed by atoms with Gasteiger partial charge in [-0.1, -0.05) is 23.2 Å². The normalized spacial score (nSPS) is 14.6. The number of phenols is 1. The predicted molar refractivity (Wildman–Crippen MR) is 78.9 cm³/mol. The zero-order valence-corrected chi connectivity index (χ0v) is 12.2. The van der Waals surface area contributed by atoms with Gasteiger partial charge in [0.25, 0.3) is 0 Å². The van der Waals surface area contributed by atoms with Crippen LogP contribution in [0.1, 0.15) is 18.2 Å². The zero-order chi connectivity index (χ0) is 14.8. The van der Waals surface area contributed by atoms with E-state index in [1.807, 2.05) is 0 Å². The highest BCUT2D eigenvalue weighted by Gasteiger charge is 2.25. The first-order chi connectivity index (χ1) is 9.40. The highest BCUT2D eigenvalue weighted by Crippen LogP contribution is 2.30. The molecule has 0 saturated heterocycles. The van der Waals surface area contributed by atoms with Crippen LogP contribution in [-0.4, -0.2) is 23.0 Å². The highest BCUT2D eigenvalue weighted by atomic mass is 35.5. The summed E-state index contributed by atoms with van der Waals surface area (Å²) in [6.07, 6.45) is 2.89. The van der Waals surface area contributed by atoms with Crippen molar-refractivity contribution in [2.45, 2.75) is 12.5 Å². The lowest BCUT2D eigenvalue weighted by Gasteiger charge is -2.17. The third-order valence-electron chi connectivity index (χ3n) is 2.74. The van der Waals surface area contributed by atoms with Gasteiger partial charge in [-0.15, -0.1) is 0 Å². The first-order valence-corrected chi connectivity index (χ1v) is 6.60. The maximum atomic E-state index is 10.2. The molecule has 1 unspecified atom stereocenters. The van der Waals surface area contributed by atoms with Crippen LogP contribution in [0.15, 0.2) is 39.9 Å². The van der Waals surface area contributed by atoms with Crippen molar-refractivity contribution in [1.82, 2.24) is 0 Å². The van der Waals surface area contributed by atoms with Crippen molar-refractivity contribution in [2.75, 3.05) is 6.54 Å². The second-order valence-electron chi connectivity index (χ2n) is 4.55. The van der Waals surface area contributed by atoms with Gasteiger partial charge in [-0.2, -0.15) is 0 Å². The van der Waals surface area contributed by atoms with Crippen LogP contribution in [0.4, 0.5) is 0 Å². The second kappa shape index (κ2) is 5.87. The van der Waals surface area contributed by atoms with E-state index in [4.69, 9.17) is 27.6 Å². The summed E-state index contributed by atoms with van der Waals surface area (Å²) in [4.78, 5) is 4.10. The largest absolute Gasteiger partial charge is 0.506 e. The van der Waals surface area contributed by atoms with E-state index < -0.39 is 5.60 Å². The Hall–Kier alpha value is -1.49. The molecule has 2 N–H and O–H groups in total. The quantitative estimate of drug-likeness (QED) is 0.847. The number of halogens is 2. The number of benzene rings is 1. The van der Waals surface area contributed by atoms with E-state index in [2.05, 4.69) is 4.99 Å². The summed E-state index contributed by atoms with van der Waals surface area (Å²) in [6, 6.07) is 6.34. The Balaban J connectivity index is 2.15. The predicted octanol–water partition coefficient (Wildman–Crippen LogP) is 3.62. The van der Waals surface area contributed by atoms with Gasteiger partial charge in [0.15, 0.2) is 0 Å². The summed E-state index contributed by atoms with van der Waals surface area (Å²) in [7, 11) is 0. The molecule has 1 aromatic carbocycles. The molecule has 1 aromatic heterocycles. The first kappa shape index (κ1) is 14.9. The van der Waals surface area contributed by atoms with Crippen LogP contribution >= 0.6 is 23.2 Å². The number of hydrogen-bond donors (Lipinski definition) is 2. The molecule has 4 nitrogen and oxygen atoms in total. The monoisotopic (exact) mass is 313 g/mol. The van der Waals surface area contributed by atoms with E-state index in [1.54, 1.807) is 19.1 Å². The van der Waals surface area contributed by atoms with E-state index in [9.17, 15) is 10.2 Å². The van der Waals surface area contributed by atoms with Gasteiger partial charge in [-0.25, -0.2) is 0 Å². The van der Waals surface area contributed by atoms with Crippen LogP contribution in [0, 0.1) is 0 Å². The Morgan fingerprint density at radius 1 is 1.40 bits per heavy atom. The van der Waals surface area contributed by atoms with Gasteiger partial charge in [0.05, 0.1) is 17.8 Å². The van der Waals surface area contributed by atoms with Crippen molar-refractivity contribution in [3.63, 3.8) is 0 Å². The van der Waals surface area contributed by atoms with Crippen LogP contribution in [0.25, 0.3) is 0 Å². The Bertz CT molecular complexity index is 622. The van der Waals surface area contributed by atoms with Crippen molar-refractivity contribution >= 4 is 29.4 Å². The summed E-state index contributed by atoms with van der Waals surface area (Å²) >= 11 is 11.7. The summed E-state index contributed by atoms with van der Waals surface area (Å²) in [6.45, 7) is 1.66. The average Bonchev–Trinajstić information content (AvgIpc) is 2.89. The number of phenolic OH excluding ortho intramolecular Hbond substituents is 1. The molecule has 0 aliphatic heterocycles. The lowest BCUT2D eigenvalue weighted by Crippen LogP contribution is -2.24. The van der Waals surface area contributed by atoms with E-state index >= 15 is 0 Å². The van der Waals surface area contributed by atoms with E-state index in [0.29, 0.717) is 16.3 Å². The molecule has 0 bridgehead atoms. The minimum atomic E-state index is -1.22. The number of nitrogens with zero attached hydrogens (tertiary/aromatic N) is 1. The van der Waals surface area contributed by atoms with E-state index in [1.165, 1.54) is 24.6 Å². The van der Waals surface area contributed by atoms with Gasteiger partial charge in [0.2, 0.25) is 0 Å². The molecule has 0 fully saturated rings. The molecule has 0 aliphatic rings. The van der Waals surface area contributed by atoms with Gasteiger partial charge in [-0.05, 0) is 31.2 Å². The smallest absolute Gasteiger partial charge is 0.143 e. The molecule has 6 heteroatoms. The molecule has 2 rings (SSSR count). The van der Waals surface area contributed by atoms with Crippen LogP contribution in [0.3, 0.4) is 0 Å². The van der Waals surface area contributed by atoms with E-state index in [-0.39, 0.29) is 17.3 Å². The molecule has 1 heterocycles. The standard InChI is InChI=1S/C14H13Cl2NO3/c1-14(19,12-3-2-4-20-12)8-17-7-9-5-10(15)6-11(16)13(9)18/h2-7,18-19H,8H2,1H3. The number of furan rings is 1. The minimum Gasteiger partial charge on any atom is -0.506 e. The topological polar surface area (TPSA) is 66.0 Å². The molecule has 1 atom stereocenters. The third-order valence-corrected chi connectivity index (χ3v) is 3.25. The van der Waals surface area contributed by atoms with Crippen molar-refractivity contribution in [1.29, 1.82) is 0 Å². The SMILES string of the molecule is CC(O)(CN=Cc1cc(Cl)cc(Cl)c1O)c1ccco1. The molecule has 0 saturated carbocycles. The fourth-order valence-electron chi connectivity index (χ4n) is 1.67. The summed E-state index contributed by atoms with van der Waals surface area (Å²) < 4.78 is 5.15. The lowest BCUT2D eigenvalue weighted by atomic mass is 10.0. The summed E-state index contributed by atoms with van der Waals surface area (Å²) in [5, 5.41) is 20.5. The molecule has 0 spiro atoms. The summed E-state index contributed by atoms with van der Waals surface area (Å²) in [5.74, 6) is 0.320. The molecular weight excluding hydrogens is 301 g/mol. The molecule has 0 radical (unpaired) electrons. The lowest BCUT2D eigenvalue weighted by molar-refractivity contribution is 0.0439. The fraction of sp³-hybridized carbons (Fsp3) is 0.214. The molecule has 106 valence electrons. The number of aliphatic imine (C=N–C) groups is 1. The van der Waals surface area contributed by atoms with Gasteiger partial charge in [0, 0.05) is 16.8 Å². The Morgan fingerprint density at radius 2 is 2.15 bits per heavy atom. The van der Waals surface area contributed by atoms with Gasteiger partial charge in [-0.3, -0.25) is 4.99 Å². The van der Waals surface area contributed by atoms with Gasteiger partial charge < -0.3 is 14.6 Å². The Morgan fingerprint density at radius 3 is 2.80 bits per heavy atom.